The van der Waals surface area contributed by atoms with Crippen LogP contribution in [-0.4, -0.2) is 57.9 Å². The van der Waals surface area contributed by atoms with Crippen LogP contribution in [0, 0.1) is 0 Å². The maximum absolute atomic E-state index is 11.6. The molecule has 0 bridgehead atoms. The largest absolute Gasteiger partial charge is 0.359 e. The number of aromatic nitrogens is 4. The first-order valence-electron chi connectivity index (χ1n) is 6.00. The predicted octanol–water partition coefficient (Wildman–Crippen LogP) is 0.285. The number of hydrogen-bond donors (Lipinski definition) is 3. The van der Waals surface area contributed by atoms with Crippen molar-refractivity contribution in [3.8, 4) is 0 Å². The molecule has 1 amide bonds. The maximum atomic E-state index is 11.6. The first-order chi connectivity index (χ1) is 9.11. The smallest absolute Gasteiger partial charge is 0.241 e. The van der Waals surface area contributed by atoms with Gasteiger partial charge in [-0.05, 0) is 6.92 Å². The first kappa shape index (κ1) is 13.1. The molecule has 2 aromatic heterocycles. The van der Waals surface area contributed by atoms with E-state index < -0.39 is 0 Å². The van der Waals surface area contributed by atoms with E-state index in [0.29, 0.717) is 29.5 Å². The van der Waals surface area contributed by atoms with Gasteiger partial charge in [0, 0.05) is 20.6 Å². The second-order valence-corrected chi connectivity index (χ2v) is 4.17. The van der Waals surface area contributed by atoms with Crippen LogP contribution in [0.2, 0.25) is 0 Å². The standard InChI is InChI=1S/C11H17N7O/c1-4-12-11-16-9(13-5-7(19)18(2)3)8-10(17-11)15-6-14-8/h6H,4-5H2,1-3H3,(H3,12,13,14,15,16,17). The number of nitrogens with one attached hydrogen (secondary N) is 3. The van der Waals surface area contributed by atoms with Gasteiger partial charge in [0.05, 0.1) is 12.9 Å². The fourth-order valence-corrected chi connectivity index (χ4v) is 1.52. The number of imidazole rings is 1. The SMILES string of the molecule is CCNc1nc(NCC(=O)N(C)C)c2[nH]cnc2n1. The molecular weight excluding hydrogens is 246 g/mol. The molecule has 102 valence electrons. The molecule has 0 fully saturated rings. The fourth-order valence-electron chi connectivity index (χ4n) is 1.52. The third-order valence-corrected chi connectivity index (χ3v) is 2.53. The molecule has 0 aliphatic heterocycles. The van der Waals surface area contributed by atoms with Crippen LogP contribution in [-0.2, 0) is 4.79 Å². The summed E-state index contributed by atoms with van der Waals surface area (Å²) in [7, 11) is 3.42. The number of hydrogen-bond acceptors (Lipinski definition) is 6. The van der Waals surface area contributed by atoms with Crippen LogP contribution in [0.5, 0.6) is 0 Å². The van der Waals surface area contributed by atoms with Crippen LogP contribution in [0.1, 0.15) is 6.92 Å². The molecular formula is C11H17N7O. The number of aromatic amines is 1. The summed E-state index contributed by atoms with van der Waals surface area (Å²) in [6, 6.07) is 0. The quantitative estimate of drug-likeness (QED) is 0.717. The van der Waals surface area contributed by atoms with Crippen molar-refractivity contribution in [1.82, 2.24) is 24.8 Å². The lowest BCUT2D eigenvalue weighted by Crippen LogP contribution is -2.29. The van der Waals surface area contributed by atoms with Crippen LogP contribution in [0.3, 0.4) is 0 Å². The average Bonchev–Trinajstić information content (AvgIpc) is 2.84. The van der Waals surface area contributed by atoms with Crippen LogP contribution >= 0.6 is 0 Å². The minimum atomic E-state index is -0.0312. The number of fused-ring (bicyclic) bond motifs is 1. The highest BCUT2D eigenvalue weighted by molar-refractivity contribution is 5.87. The van der Waals surface area contributed by atoms with Gasteiger partial charge in [0.15, 0.2) is 11.5 Å². The topological polar surface area (TPSA) is 98.8 Å². The molecule has 0 unspecified atom stereocenters. The highest BCUT2D eigenvalue weighted by Gasteiger charge is 2.11. The summed E-state index contributed by atoms with van der Waals surface area (Å²) in [6.45, 7) is 2.84. The maximum Gasteiger partial charge on any atom is 0.241 e. The van der Waals surface area contributed by atoms with Crippen molar-refractivity contribution in [3.63, 3.8) is 0 Å². The number of nitrogens with zero attached hydrogens (tertiary/aromatic N) is 4. The molecule has 0 spiro atoms. The number of likely N-dealkylation sites (N-methyl/N-ethyl adjacent to an activating group) is 1. The number of H-pyrrole nitrogens is 1. The zero-order chi connectivity index (χ0) is 13.8. The van der Waals surface area contributed by atoms with Crippen molar-refractivity contribution in [1.29, 1.82) is 0 Å². The van der Waals surface area contributed by atoms with Crippen LogP contribution < -0.4 is 10.6 Å². The average molecular weight is 263 g/mol. The molecule has 0 saturated carbocycles. The molecule has 0 aliphatic carbocycles. The highest BCUT2D eigenvalue weighted by Crippen LogP contribution is 2.18. The monoisotopic (exact) mass is 263 g/mol. The molecule has 0 aromatic carbocycles. The van der Waals surface area contributed by atoms with Crippen molar-refractivity contribution in [2.24, 2.45) is 0 Å². The Labute approximate surface area is 110 Å². The van der Waals surface area contributed by atoms with E-state index in [0.717, 1.165) is 0 Å². The van der Waals surface area contributed by atoms with Gasteiger partial charge in [-0.3, -0.25) is 4.79 Å². The molecule has 2 heterocycles. The van der Waals surface area contributed by atoms with Gasteiger partial charge < -0.3 is 20.5 Å². The number of anilines is 2. The van der Waals surface area contributed by atoms with Gasteiger partial charge in [-0.25, -0.2) is 4.98 Å². The van der Waals surface area contributed by atoms with Gasteiger partial charge in [-0.15, -0.1) is 0 Å². The van der Waals surface area contributed by atoms with E-state index in [9.17, 15) is 4.79 Å². The number of carbonyl (C=O) groups is 1. The number of amides is 1. The number of rotatable bonds is 5. The van der Waals surface area contributed by atoms with E-state index in [-0.39, 0.29) is 12.5 Å². The molecule has 2 rings (SSSR count). The van der Waals surface area contributed by atoms with Crippen molar-refractivity contribution in [3.05, 3.63) is 6.33 Å². The second kappa shape index (κ2) is 5.51. The lowest BCUT2D eigenvalue weighted by atomic mass is 10.4. The highest BCUT2D eigenvalue weighted by atomic mass is 16.2. The summed E-state index contributed by atoms with van der Waals surface area (Å²) in [5.41, 5.74) is 1.25. The summed E-state index contributed by atoms with van der Waals surface area (Å²) in [5, 5.41) is 6.03. The first-order valence-corrected chi connectivity index (χ1v) is 6.00. The third-order valence-electron chi connectivity index (χ3n) is 2.53. The molecule has 2 aromatic rings. The van der Waals surface area contributed by atoms with Gasteiger partial charge >= 0.3 is 0 Å². The Balaban J connectivity index is 2.24. The minimum Gasteiger partial charge on any atom is -0.359 e. The van der Waals surface area contributed by atoms with Gasteiger partial charge in [0.25, 0.3) is 0 Å². The van der Waals surface area contributed by atoms with E-state index in [2.05, 4.69) is 30.6 Å². The van der Waals surface area contributed by atoms with Gasteiger partial charge in [-0.1, -0.05) is 0 Å². The molecule has 0 saturated heterocycles. The Bertz CT molecular complexity index is 577. The summed E-state index contributed by atoms with van der Waals surface area (Å²) in [6.07, 6.45) is 1.55. The van der Waals surface area contributed by atoms with E-state index in [1.165, 1.54) is 4.90 Å². The molecule has 0 radical (unpaired) electrons. The summed E-state index contributed by atoms with van der Waals surface area (Å²) >= 11 is 0. The van der Waals surface area contributed by atoms with Crippen molar-refractivity contribution < 1.29 is 4.79 Å². The molecule has 19 heavy (non-hydrogen) atoms. The Morgan fingerprint density at radius 1 is 1.37 bits per heavy atom. The van der Waals surface area contributed by atoms with E-state index in [4.69, 9.17) is 0 Å². The second-order valence-electron chi connectivity index (χ2n) is 4.17. The van der Waals surface area contributed by atoms with Gasteiger partial charge in [-0.2, -0.15) is 9.97 Å². The fraction of sp³-hybridized carbons (Fsp3) is 0.455. The summed E-state index contributed by atoms with van der Waals surface area (Å²) in [5.74, 6) is 1.02. The molecule has 8 nitrogen and oxygen atoms in total. The van der Waals surface area contributed by atoms with Crippen LogP contribution in [0.4, 0.5) is 11.8 Å². The predicted molar refractivity (Wildman–Crippen MR) is 73.0 cm³/mol. The van der Waals surface area contributed by atoms with Crippen LogP contribution in [0.25, 0.3) is 11.2 Å². The van der Waals surface area contributed by atoms with Crippen molar-refractivity contribution >= 4 is 28.8 Å². The molecule has 3 N–H and O–H groups in total. The van der Waals surface area contributed by atoms with E-state index in [1.807, 2.05) is 6.92 Å². The lowest BCUT2D eigenvalue weighted by molar-refractivity contribution is -0.126. The Kier molecular flexibility index (Phi) is 3.79. The van der Waals surface area contributed by atoms with Gasteiger partial charge in [0.2, 0.25) is 11.9 Å². The lowest BCUT2D eigenvalue weighted by Gasteiger charge is -2.12. The van der Waals surface area contributed by atoms with E-state index >= 15 is 0 Å². The Morgan fingerprint density at radius 3 is 2.84 bits per heavy atom. The zero-order valence-electron chi connectivity index (χ0n) is 11.2. The molecule has 8 heteroatoms. The zero-order valence-corrected chi connectivity index (χ0v) is 11.2. The van der Waals surface area contributed by atoms with Crippen LogP contribution in [0.15, 0.2) is 6.33 Å². The van der Waals surface area contributed by atoms with Crippen molar-refractivity contribution in [2.45, 2.75) is 6.92 Å². The normalized spacial score (nSPS) is 10.5. The van der Waals surface area contributed by atoms with Gasteiger partial charge in [0.1, 0.15) is 5.52 Å². The van der Waals surface area contributed by atoms with E-state index in [1.54, 1.807) is 20.4 Å². The minimum absolute atomic E-state index is 0.0312. The molecule has 0 atom stereocenters. The number of carbonyl (C=O) groups excluding carboxylic acids is 1. The Hall–Kier alpha value is -2.38. The molecule has 0 aliphatic rings. The van der Waals surface area contributed by atoms with Crippen molar-refractivity contribution in [2.75, 3.05) is 37.8 Å². The third kappa shape index (κ3) is 2.90. The Morgan fingerprint density at radius 2 is 2.16 bits per heavy atom. The summed E-state index contributed by atoms with van der Waals surface area (Å²) in [4.78, 5) is 28.7. The summed E-state index contributed by atoms with van der Waals surface area (Å²) < 4.78 is 0.